The van der Waals surface area contributed by atoms with E-state index in [9.17, 15) is 27.1 Å². The molecule has 1 saturated carbocycles. The van der Waals surface area contributed by atoms with Gasteiger partial charge in [-0.2, -0.15) is 4.31 Å². The van der Waals surface area contributed by atoms with E-state index in [1.54, 1.807) is 19.1 Å². The maximum Gasteiger partial charge on any atom is 0.322 e. The first kappa shape index (κ1) is 25.6. The number of aryl methyl sites for hydroxylation is 2. The maximum atomic E-state index is 13.4. The molecule has 1 aromatic carbocycles. The van der Waals surface area contributed by atoms with Crippen molar-refractivity contribution >= 4 is 16.0 Å². The topological polar surface area (TPSA) is 126 Å². The number of rotatable bonds is 9. The van der Waals surface area contributed by atoms with Gasteiger partial charge in [0.2, 0.25) is 27.7 Å². The largest absolute Gasteiger partial charge is 0.480 e. The van der Waals surface area contributed by atoms with Gasteiger partial charge in [0.25, 0.3) is 0 Å². The van der Waals surface area contributed by atoms with Crippen LogP contribution in [0.1, 0.15) is 56.4 Å². The fourth-order valence-corrected chi connectivity index (χ4v) is 6.51. The number of aromatic nitrogens is 2. The van der Waals surface area contributed by atoms with Crippen LogP contribution in [-0.4, -0.2) is 65.1 Å². The second-order valence-electron chi connectivity index (χ2n) is 9.30. The Morgan fingerprint density at radius 2 is 2.00 bits per heavy atom. The molecule has 0 amide bonds. The summed E-state index contributed by atoms with van der Waals surface area (Å²) in [5.41, 5.74) is 1.03. The normalized spacial score (nSPS) is 21.4. The van der Waals surface area contributed by atoms with Crippen molar-refractivity contribution in [2.45, 2.75) is 81.2 Å². The molecule has 1 saturated heterocycles. The van der Waals surface area contributed by atoms with Crippen LogP contribution in [0.5, 0.6) is 0 Å². The van der Waals surface area contributed by atoms with Gasteiger partial charge < -0.3 is 14.8 Å². The number of carboxylic acid groups (broad SMARTS) is 1. The van der Waals surface area contributed by atoms with Gasteiger partial charge in [0.15, 0.2) is 0 Å². The van der Waals surface area contributed by atoms with Gasteiger partial charge in [-0.3, -0.25) is 4.79 Å². The average Bonchev–Trinajstić information content (AvgIpc) is 3.48. The third kappa shape index (κ3) is 5.87. The summed E-state index contributed by atoms with van der Waals surface area (Å²) < 4.78 is 60.1. The molecule has 35 heavy (non-hydrogen) atoms. The SMILES string of the molecule is Cc1ccc(S(=O)(=O)N2CCC[C@H]2C(=O)O)c(-c2nnc(CCCNC3CCC(F)(F)CC3)o2)c1. The Morgan fingerprint density at radius 1 is 1.26 bits per heavy atom. The van der Waals surface area contributed by atoms with Crippen LogP contribution in [0.2, 0.25) is 0 Å². The van der Waals surface area contributed by atoms with Gasteiger partial charge >= 0.3 is 5.97 Å². The van der Waals surface area contributed by atoms with Crippen LogP contribution in [0.4, 0.5) is 8.78 Å². The molecule has 2 fully saturated rings. The third-order valence-corrected chi connectivity index (χ3v) is 8.59. The number of sulfonamides is 1. The van der Waals surface area contributed by atoms with Gasteiger partial charge in [-0.15, -0.1) is 10.2 Å². The molecular weight excluding hydrogens is 482 g/mol. The van der Waals surface area contributed by atoms with E-state index >= 15 is 0 Å². The molecule has 2 N–H and O–H groups in total. The van der Waals surface area contributed by atoms with Gasteiger partial charge in [-0.1, -0.05) is 11.6 Å². The summed E-state index contributed by atoms with van der Waals surface area (Å²) in [4.78, 5) is 11.5. The molecule has 1 aliphatic carbocycles. The maximum absolute atomic E-state index is 13.4. The highest BCUT2D eigenvalue weighted by Crippen LogP contribution is 2.34. The number of hydrogen-bond acceptors (Lipinski definition) is 7. The van der Waals surface area contributed by atoms with E-state index in [4.69, 9.17) is 4.42 Å². The molecule has 0 radical (unpaired) electrons. The van der Waals surface area contributed by atoms with Crippen molar-refractivity contribution in [1.29, 1.82) is 0 Å². The van der Waals surface area contributed by atoms with Crippen molar-refractivity contribution in [2.75, 3.05) is 13.1 Å². The molecule has 2 aliphatic rings. The highest BCUT2D eigenvalue weighted by Gasteiger charge is 2.41. The van der Waals surface area contributed by atoms with Gasteiger partial charge in [-0.25, -0.2) is 17.2 Å². The highest BCUT2D eigenvalue weighted by atomic mass is 32.2. The lowest BCUT2D eigenvalue weighted by Gasteiger charge is -2.28. The Hall–Kier alpha value is -2.44. The molecule has 0 spiro atoms. The van der Waals surface area contributed by atoms with E-state index in [1.165, 1.54) is 6.07 Å². The molecule has 1 atom stereocenters. The summed E-state index contributed by atoms with van der Waals surface area (Å²) in [5.74, 6) is -3.33. The quantitative estimate of drug-likeness (QED) is 0.490. The van der Waals surface area contributed by atoms with Crippen LogP contribution in [0.25, 0.3) is 11.5 Å². The van der Waals surface area contributed by atoms with E-state index in [-0.39, 0.29) is 48.2 Å². The summed E-state index contributed by atoms with van der Waals surface area (Å²) in [7, 11) is -4.10. The number of benzene rings is 1. The first-order chi connectivity index (χ1) is 16.6. The van der Waals surface area contributed by atoms with Crippen LogP contribution < -0.4 is 5.32 Å². The molecule has 1 aromatic heterocycles. The minimum absolute atomic E-state index is 0.0517. The molecule has 0 unspecified atom stereocenters. The summed E-state index contributed by atoms with van der Waals surface area (Å²) in [6, 6.07) is 3.70. The number of hydrogen-bond donors (Lipinski definition) is 2. The molecule has 12 heteroatoms. The number of aliphatic carboxylic acids is 1. The van der Waals surface area contributed by atoms with Crippen molar-refractivity contribution < 1.29 is 31.5 Å². The van der Waals surface area contributed by atoms with Gasteiger partial charge in [0, 0.05) is 31.8 Å². The summed E-state index contributed by atoms with van der Waals surface area (Å²) in [5, 5.41) is 20.8. The molecule has 0 bridgehead atoms. The lowest BCUT2D eigenvalue weighted by molar-refractivity contribution is -0.140. The van der Waals surface area contributed by atoms with Crippen LogP contribution >= 0.6 is 0 Å². The monoisotopic (exact) mass is 512 g/mol. The Balaban J connectivity index is 1.43. The lowest BCUT2D eigenvalue weighted by Crippen LogP contribution is -2.40. The number of nitrogens with zero attached hydrogens (tertiary/aromatic N) is 3. The van der Waals surface area contributed by atoms with Gasteiger partial charge in [0.05, 0.1) is 10.5 Å². The first-order valence-corrected chi connectivity index (χ1v) is 13.3. The number of halogens is 2. The van der Waals surface area contributed by atoms with Crippen LogP contribution in [0, 0.1) is 6.92 Å². The van der Waals surface area contributed by atoms with Crippen LogP contribution in [0.15, 0.2) is 27.5 Å². The molecule has 9 nitrogen and oxygen atoms in total. The second kappa shape index (κ2) is 10.3. The van der Waals surface area contributed by atoms with Crippen molar-refractivity contribution in [1.82, 2.24) is 19.8 Å². The van der Waals surface area contributed by atoms with Crippen molar-refractivity contribution in [3.05, 3.63) is 29.7 Å². The Kier molecular flexibility index (Phi) is 7.53. The van der Waals surface area contributed by atoms with Gasteiger partial charge in [-0.05, 0) is 57.7 Å². The predicted octanol–water partition coefficient (Wildman–Crippen LogP) is 3.38. The molecule has 2 heterocycles. The fourth-order valence-electron chi connectivity index (χ4n) is 4.69. The second-order valence-corrected chi connectivity index (χ2v) is 11.2. The lowest BCUT2D eigenvalue weighted by atomic mass is 9.92. The average molecular weight is 513 g/mol. The number of nitrogens with one attached hydrogen (secondary N) is 1. The zero-order chi connectivity index (χ0) is 25.2. The van der Waals surface area contributed by atoms with E-state index in [1.807, 2.05) is 0 Å². The third-order valence-electron chi connectivity index (χ3n) is 6.63. The molecule has 4 rings (SSSR count). The minimum atomic E-state index is -4.10. The smallest absolute Gasteiger partial charge is 0.322 e. The summed E-state index contributed by atoms with van der Waals surface area (Å²) in [6.07, 6.45) is 2.54. The Labute approximate surface area is 203 Å². The highest BCUT2D eigenvalue weighted by molar-refractivity contribution is 7.89. The number of carboxylic acids is 1. The van der Waals surface area contributed by atoms with Crippen molar-refractivity contribution in [3.63, 3.8) is 0 Å². The Morgan fingerprint density at radius 3 is 2.71 bits per heavy atom. The zero-order valence-corrected chi connectivity index (χ0v) is 20.4. The molecule has 192 valence electrons. The fraction of sp³-hybridized carbons (Fsp3) is 0.609. The Bertz CT molecular complexity index is 1160. The van der Waals surface area contributed by atoms with Crippen LogP contribution in [-0.2, 0) is 21.2 Å². The standard InChI is InChI=1S/C23H30F2N4O5S/c1-15-6-7-19(35(32,33)29-13-3-4-18(29)22(30)31)17(14-15)21-28-27-20(34-21)5-2-12-26-16-8-10-23(24,25)11-9-16/h6-7,14,16,18,26H,2-5,8-13H2,1H3,(H,30,31)/t18-/m0/s1. The van der Waals surface area contributed by atoms with E-state index in [2.05, 4.69) is 15.5 Å². The molecular formula is C23H30F2N4O5S. The number of carbonyl (C=O) groups is 1. The predicted molar refractivity (Wildman–Crippen MR) is 123 cm³/mol. The zero-order valence-electron chi connectivity index (χ0n) is 19.5. The van der Waals surface area contributed by atoms with E-state index < -0.39 is 28.0 Å². The first-order valence-electron chi connectivity index (χ1n) is 11.9. The summed E-state index contributed by atoms with van der Waals surface area (Å²) in [6.45, 7) is 2.55. The van der Waals surface area contributed by atoms with E-state index in [0.29, 0.717) is 44.5 Å². The van der Waals surface area contributed by atoms with E-state index in [0.717, 1.165) is 9.87 Å². The van der Waals surface area contributed by atoms with Crippen LogP contribution in [0.3, 0.4) is 0 Å². The molecule has 2 aromatic rings. The van der Waals surface area contributed by atoms with Crippen molar-refractivity contribution in [2.24, 2.45) is 0 Å². The van der Waals surface area contributed by atoms with Crippen molar-refractivity contribution in [3.8, 4) is 11.5 Å². The number of alkyl halides is 2. The van der Waals surface area contributed by atoms with Gasteiger partial charge in [0.1, 0.15) is 6.04 Å². The molecule has 1 aliphatic heterocycles. The minimum Gasteiger partial charge on any atom is -0.480 e. The summed E-state index contributed by atoms with van der Waals surface area (Å²) >= 11 is 0.